The Balaban J connectivity index is 1.62. The van der Waals surface area contributed by atoms with Crippen LogP contribution in [-0.4, -0.2) is 30.9 Å². The van der Waals surface area contributed by atoms with Crippen LogP contribution in [0.4, 0.5) is 0 Å². The zero-order valence-electron chi connectivity index (χ0n) is 25.9. The van der Waals surface area contributed by atoms with Crippen LogP contribution in [0.3, 0.4) is 0 Å². The van der Waals surface area contributed by atoms with Crippen LogP contribution in [0.2, 0.25) is 0 Å². The van der Waals surface area contributed by atoms with E-state index in [0.29, 0.717) is 29.6 Å². The molecule has 4 aliphatic rings. The quantitative estimate of drug-likeness (QED) is 0.209. The van der Waals surface area contributed by atoms with Crippen molar-refractivity contribution in [2.24, 2.45) is 64.1 Å². The lowest BCUT2D eigenvalue weighted by Crippen LogP contribution is -2.59. The second kappa shape index (κ2) is 12.2. The van der Waals surface area contributed by atoms with Crippen LogP contribution < -0.4 is 0 Å². The third-order valence-corrected chi connectivity index (χ3v) is 12.4. The molecule has 0 aliphatic heterocycles. The number of carbonyl (C=O) groups excluding carboxylic acids is 3. The Labute approximate surface area is 237 Å². The highest BCUT2D eigenvalue weighted by Gasteiger charge is 2.64. The van der Waals surface area contributed by atoms with E-state index >= 15 is 0 Å². The second-order valence-corrected chi connectivity index (χ2v) is 14.6. The predicted octanol–water partition coefficient (Wildman–Crippen LogP) is 7.65. The number of fused-ring (bicyclic) bond motifs is 5. The molecule has 39 heavy (non-hydrogen) atoms. The van der Waals surface area contributed by atoms with Crippen molar-refractivity contribution in [1.82, 2.24) is 0 Å². The first-order valence-electron chi connectivity index (χ1n) is 16.3. The van der Waals surface area contributed by atoms with Crippen LogP contribution in [0.5, 0.6) is 0 Å². The Bertz CT molecular complexity index is 878. The monoisotopic (exact) mass is 544 g/mol. The van der Waals surface area contributed by atoms with Crippen LogP contribution in [0.1, 0.15) is 119 Å². The molecule has 0 amide bonds. The molecule has 222 valence electrons. The molecule has 0 heterocycles. The van der Waals surface area contributed by atoms with E-state index in [4.69, 9.17) is 9.47 Å². The van der Waals surface area contributed by atoms with E-state index in [1.54, 1.807) is 13.8 Å². The Hall–Kier alpha value is -1.39. The maximum atomic E-state index is 13.3. The number of rotatable bonds is 10. The molecule has 0 saturated heterocycles. The Kier molecular flexibility index (Phi) is 9.59. The van der Waals surface area contributed by atoms with Crippen molar-refractivity contribution >= 4 is 17.7 Å². The van der Waals surface area contributed by atoms with Crippen LogP contribution in [0.15, 0.2) is 0 Å². The average molecular weight is 545 g/mol. The highest BCUT2D eigenvalue weighted by atomic mass is 16.6. The number of carbonyl (C=O) groups is 3. The van der Waals surface area contributed by atoms with Gasteiger partial charge in [-0.2, -0.15) is 0 Å². The molecule has 4 aliphatic carbocycles. The minimum absolute atomic E-state index is 0.191. The molecule has 4 rings (SSSR count). The Morgan fingerprint density at radius 3 is 2.13 bits per heavy atom. The van der Waals surface area contributed by atoms with Crippen LogP contribution in [-0.2, 0) is 23.9 Å². The summed E-state index contributed by atoms with van der Waals surface area (Å²) >= 11 is 0. The van der Waals surface area contributed by atoms with E-state index < -0.39 is 17.9 Å². The fraction of sp³-hybridized carbons (Fsp3) is 0.912. The number of hydrogen-bond acceptors (Lipinski definition) is 5. The largest absolute Gasteiger partial charge is 0.465 e. The standard InChI is InChI=1S/C34H56O5/c1-8-38-31(36)30(32(37)39-9-2)29-20-24(35)19-23-13-14-25-27-16-15-26(22(5)12-10-11-21(3)4)33(27,6)18-17-28(25)34(23,29)7/h21-23,25-30H,8-20H2,1-7H3. The molecule has 5 heteroatoms. The second-order valence-electron chi connectivity index (χ2n) is 14.6. The minimum atomic E-state index is -1.01. The first-order chi connectivity index (χ1) is 18.5. The summed E-state index contributed by atoms with van der Waals surface area (Å²) in [7, 11) is 0. The van der Waals surface area contributed by atoms with Gasteiger partial charge in [-0.05, 0) is 111 Å². The molecule has 0 aromatic heterocycles. The molecule has 0 aromatic carbocycles. The highest BCUT2D eigenvalue weighted by Crippen LogP contribution is 2.69. The van der Waals surface area contributed by atoms with Crippen molar-refractivity contribution in [3.63, 3.8) is 0 Å². The van der Waals surface area contributed by atoms with Crippen LogP contribution in [0, 0.1) is 64.1 Å². The molecule has 4 fully saturated rings. The lowest BCUT2D eigenvalue weighted by molar-refractivity contribution is -0.184. The number of ketones is 1. The summed E-state index contributed by atoms with van der Waals surface area (Å²) in [6, 6.07) is 0. The lowest BCUT2D eigenvalue weighted by Gasteiger charge is -2.63. The van der Waals surface area contributed by atoms with E-state index in [1.165, 1.54) is 44.9 Å². The molecule has 0 radical (unpaired) electrons. The topological polar surface area (TPSA) is 69.7 Å². The predicted molar refractivity (Wildman–Crippen MR) is 154 cm³/mol. The zero-order valence-corrected chi connectivity index (χ0v) is 25.9. The van der Waals surface area contributed by atoms with Gasteiger partial charge >= 0.3 is 11.9 Å². The third kappa shape index (κ3) is 5.59. The zero-order chi connectivity index (χ0) is 28.5. The van der Waals surface area contributed by atoms with Gasteiger partial charge in [-0.25, -0.2) is 0 Å². The first kappa shape index (κ1) is 30.6. The molecule has 4 saturated carbocycles. The van der Waals surface area contributed by atoms with Gasteiger partial charge in [-0.3, -0.25) is 14.4 Å². The average Bonchev–Trinajstić information content (AvgIpc) is 3.22. The number of Topliss-reactive ketones (excluding diaryl/α,β-unsaturated/α-hetero) is 1. The summed E-state index contributed by atoms with van der Waals surface area (Å²) in [5, 5.41) is 0. The van der Waals surface area contributed by atoms with E-state index in [-0.39, 0.29) is 42.7 Å². The summed E-state index contributed by atoms with van der Waals surface area (Å²) < 4.78 is 10.9. The van der Waals surface area contributed by atoms with Gasteiger partial charge in [0.15, 0.2) is 5.92 Å². The smallest absolute Gasteiger partial charge is 0.320 e. The van der Waals surface area contributed by atoms with Crippen molar-refractivity contribution < 1.29 is 23.9 Å². The van der Waals surface area contributed by atoms with Crippen molar-refractivity contribution in [2.45, 2.75) is 119 Å². The SMILES string of the molecule is CCOC(=O)C(C(=O)OCC)C1CC(=O)CC2CCC3C4CCC(C(C)CCCC(C)C)C4(C)CCC3C21C. The van der Waals surface area contributed by atoms with Gasteiger partial charge in [0.1, 0.15) is 5.78 Å². The molecular formula is C34H56O5. The minimum Gasteiger partial charge on any atom is -0.465 e. The van der Waals surface area contributed by atoms with Gasteiger partial charge in [0, 0.05) is 12.8 Å². The van der Waals surface area contributed by atoms with Crippen LogP contribution >= 0.6 is 0 Å². The molecular weight excluding hydrogens is 488 g/mol. The first-order valence-corrected chi connectivity index (χ1v) is 16.3. The Morgan fingerprint density at radius 2 is 1.51 bits per heavy atom. The van der Waals surface area contributed by atoms with Gasteiger partial charge in [0.2, 0.25) is 0 Å². The van der Waals surface area contributed by atoms with Gasteiger partial charge in [-0.15, -0.1) is 0 Å². The number of ether oxygens (including phenoxy) is 2. The van der Waals surface area contributed by atoms with E-state index in [2.05, 4.69) is 34.6 Å². The molecule has 0 N–H and O–H groups in total. The summed E-state index contributed by atoms with van der Waals surface area (Å²) in [4.78, 5) is 39.6. The summed E-state index contributed by atoms with van der Waals surface area (Å²) in [6.07, 6.45) is 12.1. The van der Waals surface area contributed by atoms with Crippen molar-refractivity contribution in [2.75, 3.05) is 13.2 Å². The van der Waals surface area contributed by atoms with Crippen molar-refractivity contribution in [3.8, 4) is 0 Å². The molecule has 0 spiro atoms. The Morgan fingerprint density at radius 1 is 0.846 bits per heavy atom. The summed E-state index contributed by atoms with van der Waals surface area (Å²) in [5.74, 6) is 2.14. The molecule has 9 unspecified atom stereocenters. The van der Waals surface area contributed by atoms with Gasteiger partial charge in [0.25, 0.3) is 0 Å². The fourth-order valence-corrected chi connectivity index (χ4v) is 10.6. The fourth-order valence-electron chi connectivity index (χ4n) is 10.6. The molecule has 5 nitrogen and oxygen atoms in total. The van der Waals surface area contributed by atoms with Crippen LogP contribution in [0.25, 0.3) is 0 Å². The third-order valence-electron chi connectivity index (χ3n) is 12.4. The number of esters is 2. The lowest BCUT2D eigenvalue weighted by atomic mass is 9.41. The van der Waals surface area contributed by atoms with Crippen molar-refractivity contribution in [3.05, 3.63) is 0 Å². The highest BCUT2D eigenvalue weighted by molar-refractivity contribution is 5.96. The van der Waals surface area contributed by atoms with E-state index in [0.717, 1.165) is 30.6 Å². The molecule has 0 aromatic rings. The number of hydrogen-bond donors (Lipinski definition) is 0. The van der Waals surface area contributed by atoms with E-state index in [1.807, 2.05) is 0 Å². The normalized spacial score (nSPS) is 38.6. The molecule has 9 atom stereocenters. The van der Waals surface area contributed by atoms with Gasteiger partial charge in [-0.1, -0.05) is 53.9 Å². The molecule has 0 bridgehead atoms. The maximum Gasteiger partial charge on any atom is 0.320 e. The maximum absolute atomic E-state index is 13.3. The summed E-state index contributed by atoms with van der Waals surface area (Å²) in [5.41, 5.74) is 0.145. The summed E-state index contributed by atoms with van der Waals surface area (Å²) in [6.45, 7) is 16.1. The van der Waals surface area contributed by atoms with Crippen molar-refractivity contribution in [1.29, 1.82) is 0 Å². The van der Waals surface area contributed by atoms with E-state index in [9.17, 15) is 14.4 Å². The van der Waals surface area contributed by atoms with Gasteiger partial charge < -0.3 is 9.47 Å². The van der Waals surface area contributed by atoms with Gasteiger partial charge in [0.05, 0.1) is 13.2 Å².